The molecular formula is C46H75N3O10. The lowest BCUT2D eigenvalue weighted by molar-refractivity contribution is -0.255. The molecule has 59 heavy (non-hydrogen) atoms. The van der Waals surface area contributed by atoms with E-state index in [1.807, 2.05) is 20.8 Å². The van der Waals surface area contributed by atoms with Crippen LogP contribution in [0.1, 0.15) is 128 Å². The largest absolute Gasteiger partial charge is 0.462 e. The fourth-order valence-electron chi connectivity index (χ4n) is 11.0. The summed E-state index contributed by atoms with van der Waals surface area (Å²) >= 11 is 0. The van der Waals surface area contributed by atoms with E-state index < -0.39 is 18.3 Å². The molecule has 6 rings (SSSR count). The molecule has 13 nitrogen and oxygen atoms in total. The minimum Gasteiger partial charge on any atom is -0.462 e. The van der Waals surface area contributed by atoms with E-state index in [2.05, 4.69) is 57.5 Å². The first kappa shape index (κ1) is 46.3. The normalized spacial score (nSPS) is 36.0. The van der Waals surface area contributed by atoms with Crippen LogP contribution in [0.5, 0.6) is 0 Å². The molecule has 2 aliphatic heterocycles. The molecule has 1 aromatic heterocycles. The maximum absolute atomic E-state index is 15.1. The SMILES string of the molecule is CCc1nc2c(n1C)[C@@H]1C[C@@H](OC(OC(C)[C@@H](C)OC)[C@H](COC)OC)C[C@H]1[C@@H]1C=C3C(=O)[C@H](C)[C@@H](O[C@H]4CC[C@H](N(C)C)C(C)O4)CCC[C@H](CC)OC(=O)C[C@H]3[C@H]21. The molecule has 3 unspecified atom stereocenters. The second kappa shape index (κ2) is 20.3. The molecule has 0 aromatic carbocycles. The number of ether oxygens (including phenoxy) is 8. The van der Waals surface area contributed by atoms with Crippen molar-refractivity contribution in [2.75, 3.05) is 42.0 Å². The van der Waals surface area contributed by atoms with Crippen LogP contribution in [0.2, 0.25) is 0 Å². The number of Topliss-reactive ketones (excluding diaryl/α,β-unsaturated/α-hetero) is 1. The number of carbonyl (C=O) groups excluding carboxylic acids is 2. The smallest absolute Gasteiger partial charge is 0.306 e. The highest BCUT2D eigenvalue weighted by molar-refractivity contribution is 5.99. The van der Waals surface area contributed by atoms with Crippen LogP contribution in [0, 0.1) is 23.7 Å². The third kappa shape index (κ3) is 9.88. The van der Waals surface area contributed by atoms with Crippen LogP contribution in [0.25, 0.3) is 0 Å². The van der Waals surface area contributed by atoms with Gasteiger partial charge in [0.15, 0.2) is 18.4 Å². The van der Waals surface area contributed by atoms with E-state index >= 15 is 4.79 Å². The van der Waals surface area contributed by atoms with Crippen LogP contribution in [-0.2, 0) is 61.0 Å². The Morgan fingerprint density at radius 3 is 2.39 bits per heavy atom. The zero-order valence-corrected chi connectivity index (χ0v) is 38.0. The van der Waals surface area contributed by atoms with Crippen molar-refractivity contribution in [1.82, 2.24) is 14.5 Å². The molecule has 1 saturated carbocycles. The molecule has 1 aromatic rings. The molecular weight excluding hydrogens is 755 g/mol. The molecule has 0 radical (unpaired) electrons. The topological polar surface area (TPSA) is 129 Å². The standard InChI is InChI=1S/C46H75N3O10/c1-13-29-16-15-17-37(59-41-19-18-36(48(7)8)28(6)55-41)25(3)45(51)35-22-32-31-20-30(58-46(38(54-12)24-52-10)56-27(5)26(4)53-11)21-34(31)44-43(47-39(14-2)49(44)9)42(32)33(35)23-40(50)57-29/h22,25-34,36-38,41-42,46H,13-21,23-24H2,1-12H3/t25-,26-,27?,28?,29+,30+,31+,32+,33-,34-,36+,37+,38+,41+,42-,46?/m1/s1. The second-order valence-electron chi connectivity index (χ2n) is 18.3. The molecule has 3 fully saturated rings. The van der Waals surface area contributed by atoms with E-state index in [-0.39, 0.29) is 90.7 Å². The van der Waals surface area contributed by atoms with E-state index in [1.54, 1.807) is 21.3 Å². The van der Waals surface area contributed by atoms with Gasteiger partial charge in [0.25, 0.3) is 0 Å². The molecule has 0 N–H and O–H groups in total. The number of nitrogens with zero attached hydrogens (tertiary/aromatic N) is 3. The molecule has 0 bridgehead atoms. The average molecular weight is 830 g/mol. The Hall–Kier alpha value is -2.23. The Morgan fingerprint density at radius 2 is 1.75 bits per heavy atom. The van der Waals surface area contributed by atoms with Crippen molar-refractivity contribution < 1.29 is 47.5 Å². The van der Waals surface area contributed by atoms with Crippen molar-refractivity contribution in [2.45, 2.75) is 179 Å². The minimum absolute atomic E-state index is 0.00868. The first-order valence-corrected chi connectivity index (χ1v) is 22.6. The number of imidazole rings is 1. The predicted octanol–water partition coefficient (Wildman–Crippen LogP) is 6.50. The van der Waals surface area contributed by atoms with Gasteiger partial charge in [0.05, 0.1) is 49.2 Å². The van der Waals surface area contributed by atoms with Gasteiger partial charge in [0, 0.05) is 70.2 Å². The van der Waals surface area contributed by atoms with E-state index in [0.717, 1.165) is 68.5 Å². The van der Waals surface area contributed by atoms with Gasteiger partial charge in [0.1, 0.15) is 18.0 Å². The summed E-state index contributed by atoms with van der Waals surface area (Å²) < 4.78 is 52.2. The highest BCUT2D eigenvalue weighted by Crippen LogP contribution is 2.61. The summed E-state index contributed by atoms with van der Waals surface area (Å²) in [6.45, 7) is 12.6. The number of aryl methyl sites for hydroxylation is 1. The summed E-state index contributed by atoms with van der Waals surface area (Å²) in [7, 11) is 11.3. The Morgan fingerprint density at radius 1 is 0.983 bits per heavy atom. The number of aromatic nitrogens is 2. The molecule has 2 saturated heterocycles. The Bertz CT molecular complexity index is 1600. The van der Waals surface area contributed by atoms with Crippen LogP contribution in [0.3, 0.4) is 0 Å². The second-order valence-corrected chi connectivity index (χ2v) is 18.3. The van der Waals surface area contributed by atoms with Gasteiger partial charge in [-0.05, 0) is 104 Å². The molecule has 16 atom stereocenters. The van der Waals surface area contributed by atoms with E-state index in [0.29, 0.717) is 19.1 Å². The zero-order chi connectivity index (χ0) is 42.7. The summed E-state index contributed by atoms with van der Waals surface area (Å²) in [5.74, 6) is 0.180. The number of fused-ring (bicyclic) bond motifs is 8. The number of rotatable bonds is 15. The lowest BCUT2D eigenvalue weighted by Crippen LogP contribution is -2.47. The first-order valence-electron chi connectivity index (χ1n) is 22.6. The zero-order valence-electron chi connectivity index (χ0n) is 38.0. The van der Waals surface area contributed by atoms with Crippen LogP contribution in [0.4, 0.5) is 0 Å². The number of hydrogen-bond acceptors (Lipinski definition) is 12. The number of ketones is 1. The summed E-state index contributed by atoms with van der Waals surface area (Å²) in [6, 6.07) is 0.320. The number of carbonyl (C=O) groups is 2. The number of cyclic esters (lactones) is 1. The first-order chi connectivity index (χ1) is 28.2. The summed E-state index contributed by atoms with van der Waals surface area (Å²) in [4.78, 5) is 36.6. The fraction of sp³-hybridized carbons (Fsp3) is 0.848. The third-order valence-electron chi connectivity index (χ3n) is 14.6. The van der Waals surface area contributed by atoms with Crippen molar-refractivity contribution in [3.8, 4) is 0 Å². The third-order valence-corrected chi connectivity index (χ3v) is 14.6. The molecule has 0 amide bonds. The van der Waals surface area contributed by atoms with Crippen LogP contribution in [-0.4, -0.2) is 130 Å². The van der Waals surface area contributed by atoms with Crippen LogP contribution < -0.4 is 0 Å². The van der Waals surface area contributed by atoms with Gasteiger partial charge in [-0.15, -0.1) is 0 Å². The van der Waals surface area contributed by atoms with E-state index in [9.17, 15) is 4.79 Å². The van der Waals surface area contributed by atoms with Gasteiger partial charge >= 0.3 is 5.97 Å². The van der Waals surface area contributed by atoms with Crippen molar-refractivity contribution in [3.05, 3.63) is 28.9 Å². The van der Waals surface area contributed by atoms with Gasteiger partial charge in [-0.1, -0.05) is 26.8 Å². The van der Waals surface area contributed by atoms with Crippen LogP contribution >= 0.6 is 0 Å². The maximum Gasteiger partial charge on any atom is 0.306 e. The number of allylic oxidation sites excluding steroid dienone is 2. The Balaban J connectivity index is 1.34. The molecule has 13 heteroatoms. The van der Waals surface area contributed by atoms with Gasteiger partial charge in [-0.25, -0.2) is 4.98 Å². The van der Waals surface area contributed by atoms with E-state index in [4.69, 9.17) is 42.9 Å². The minimum atomic E-state index is -0.687. The lowest BCUT2D eigenvalue weighted by atomic mass is 9.66. The molecule has 334 valence electrons. The molecule has 3 aliphatic carbocycles. The van der Waals surface area contributed by atoms with Crippen molar-refractivity contribution >= 4 is 11.8 Å². The van der Waals surface area contributed by atoms with Crippen LogP contribution in [0.15, 0.2) is 11.6 Å². The Labute approximate surface area is 353 Å². The molecule has 3 heterocycles. The quantitative estimate of drug-likeness (QED) is 0.141. The van der Waals surface area contributed by atoms with Crippen molar-refractivity contribution in [3.63, 3.8) is 0 Å². The monoisotopic (exact) mass is 830 g/mol. The van der Waals surface area contributed by atoms with Gasteiger partial charge in [0.2, 0.25) is 0 Å². The maximum atomic E-state index is 15.1. The molecule has 5 aliphatic rings. The highest BCUT2D eigenvalue weighted by atomic mass is 16.7. The Kier molecular flexibility index (Phi) is 15.9. The van der Waals surface area contributed by atoms with Crippen molar-refractivity contribution in [2.24, 2.45) is 30.7 Å². The van der Waals surface area contributed by atoms with Gasteiger partial charge < -0.3 is 47.4 Å². The summed E-state index contributed by atoms with van der Waals surface area (Å²) in [5.41, 5.74) is 2.93. The summed E-state index contributed by atoms with van der Waals surface area (Å²) in [6.07, 6.45) is 6.75. The lowest BCUT2D eigenvalue weighted by Gasteiger charge is -2.40. The predicted molar refractivity (Wildman–Crippen MR) is 223 cm³/mol. The number of hydrogen-bond donors (Lipinski definition) is 0. The molecule has 0 spiro atoms. The summed E-state index contributed by atoms with van der Waals surface area (Å²) in [5, 5.41) is 0. The van der Waals surface area contributed by atoms with E-state index in [1.165, 1.54) is 5.69 Å². The number of likely N-dealkylation sites (N-methyl/N-ethyl adjacent to an activating group) is 1. The van der Waals surface area contributed by atoms with Gasteiger partial charge in [-0.3, -0.25) is 9.59 Å². The van der Waals surface area contributed by atoms with Crippen molar-refractivity contribution in [1.29, 1.82) is 0 Å². The number of methoxy groups -OCH3 is 3. The van der Waals surface area contributed by atoms with Gasteiger partial charge in [-0.2, -0.15) is 0 Å². The highest BCUT2D eigenvalue weighted by Gasteiger charge is 2.56. The number of esters is 1. The average Bonchev–Trinajstić information content (AvgIpc) is 3.90. The fourth-order valence-corrected chi connectivity index (χ4v) is 11.0.